The summed E-state index contributed by atoms with van der Waals surface area (Å²) in [5.41, 5.74) is 1.23. The lowest BCUT2D eigenvalue weighted by Gasteiger charge is -2.06. The van der Waals surface area contributed by atoms with Crippen LogP contribution in [0.5, 0.6) is 5.75 Å². The van der Waals surface area contributed by atoms with Crippen molar-refractivity contribution in [1.29, 1.82) is 0 Å². The number of nitrogens with zero attached hydrogens (tertiary/aromatic N) is 3. The zero-order valence-corrected chi connectivity index (χ0v) is 13.0. The van der Waals surface area contributed by atoms with Crippen molar-refractivity contribution in [3.8, 4) is 22.8 Å². The molecule has 0 bridgehead atoms. The van der Waals surface area contributed by atoms with Crippen molar-refractivity contribution in [2.45, 2.75) is 0 Å². The van der Waals surface area contributed by atoms with Gasteiger partial charge in [0.25, 0.3) is 5.56 Å². The average Bonchev–Trinajstić information content (AvgIpc) is 3.07. The maximum atomic E-state index is 11.8. The molecule has 2 aromatic heterocycles. The topological polar surface area (TPSA) is 99.1 Å². The molecule has 0 aliphatic carbocycles. The fourth-order valence-corrected chi connectivity index (χ4v) is 2.18. The minimum Gasteiger partial charge on any atom is -0.497 e. The van der Waals surface area contributed by atoms with Gasteiger partial charge in [-0.2, -0.15) is 10.2 Å². The van der Waals surface area contributed by atoms with Crippen LogP contribution < -0.4 is 10.3 Å². The van der Waals surface area contributed by atoms with Crippen LogP contribution in [0.4, 0.5) is 0 Å². The summed E-state index contributed by atoms with van der Waals surface area (Å²) in [5, 5.41) is 10.5. The second-order valence-electron chi connectivity index (χ2n) is 4.83. The third kappa shape index (κ3) is 2.89. The lowest BCUT2D eigenvalue weighted by Crippen LogP contribution is -2.11. The molecule has 122 valence electrons. The monoisotopic (exact) mass is 326 g/mol. The van der Waals surface area contributed by atoms with E-state index in [1.54, 1.807) is 25.3 Å². The number of aromatic amines is 1. The van der Waals surface area contributed by atoms with Gasteiger partial charge in [0.1, 0.15) is 5.75 Å². The molecule has 0 amide bonds. The van der Waals surface area contributed by atoms with Gasteiger partial charge in [-0.3, -0.25) is 4.79 Å². The van der Waals surface area contributed by atoms with Crippen LogP contribution in [-0.4, -0.2) is 40.2 Å². The minimum atomic E-state index is -0.562. The number of hydrogen-bond acceptors (Lipinski definition) is 6. The summed E-state index contributed by atoms with van der Waals surface area (Å²) in [5.74, 6) is 0.517. The van der Waals surface area contributed by atoms with E-state index in [4.69, 9.17) is 9.47 Å². The van der Waals surface area contributed by atoms with Gasteiger partial charge in [-0.1, -0.05) is 0 Å². The van der Waals surface area contributed by atoms with Crippen molar-refractivity contribution < 1.29 is 14.3 Å². The van der Waals surface area contributed by atoms with Gasteiger partial charge < -0.3 is 9.47 Å². The van der Waals surface area contributed by atoms with Crippen LogP contribution in [0.15, 0.2) is 47.3 Å². The first-order chi connectivity index (χ1) is 11.6. The van der Waals surface area contributed by atoms with Crippen molar-refractivity contribution in [1.82, 2.24) is 20.0 Å². The Hall–Kier alpha value is -3.42. The Morgan fingerprint density at radius 3 is 2.46 bits per heavy atom. The molecule has 8 heteroatoms. The number of methoxy groups -OCH3 is 2. The largest absolute Gasteiger partial charge is 0.497 e. The highest BCUT2D eigenvalue weighted by molar-refractivity contribution is 5.88. The summed E-state index contributed by atoms with van der Waals surface area (Å²) in [6, 6.07) is 11.7. The van der Waals surface area contributed by atoms with Gasteiger partial charge >= 0.3 is 5.97 Å². The number of carbonyl (C=O) groups excluding carboxylic acids is 1. The number of benzene rings is 1. The van der Waals surface area contributed by atoms with Crippen molar-refractivity contribution in [3.63, 3.8) is 0 Å². The van der Waals surface area contributed by atoms with Crippen LogP contribution in [-0.2, 0) is 4.74 Å². The highest BCUT2D eigenvalue weighted by Crippen LogP contribution is 2.25. The van der Waals surface area contributed by atoms with Crippen molar-refractivity contribution in [2.75, 3.05) is 14.2 Å². The van der Waals surface area contributed by atoms with Crippen LogP contribution >= 0.6 is 0 Å². The quantitative estimate of drug-likeness (QED) is 0.728. The van der Waals surface area contributed by atoms with Crippen LogP contribution in [0.1, 0.15) is 10.5 Å². The molecule has 3 rings (SSSR count). The number of ether oxygens (including phenoxy) is 2. The maximum Gasteiger partial charge on any atom is 0.358 e. The van der Waals surface area contributed by atoms with Crippen LogP contribution in [0.3, 0.4) is 0 Å². The molecule has 8 nitrogen and oxygen atoms in total. The summed E-state index contributed by atoms with van der Waals surface area (Å²) in [6.45, 7) is 0. The van der Waals surface area contributed by atoms with Crippen LogP contribution in [0, 0.1) is 0 Å². The van der Waals surface area contributed by atoms with Gasteiger partial charge in [0, 0.05) is 11.6 Å². The molecule has 0 fully saturated rings. The third-order valence-corrected chi connectivity index (χ3v) is 3.37. The van der Waals surface area contributed by atoms with E-state index in [0.29, 0.717) is 17.3 Å². The smallest absolute Gasteiger partial charge is 0.358 e. The molecule has 0 spiro atoms. The molecule has 1 N–H and O–H groups in total. The molecule has 0 unspecified atom stereocenters. The first-order valence-electron chi connectivity index (χ1n) is 7.01. The summed E-state index contributed by atoms with van der Waals surface area (Å²) in [4.78, 5) is 23.0. The van der Waals surface area contributed by atoms with Crippen LogP contribution in [0.2, 0.25) is 0 Å². The minimum absolute atomic E-state index is 0.135. The van der Waals surface area contributed by atoms with E-state index in [1.807, 2.05) is 12.1 Å². The molecule has 24 heavy (non-hydrogen) atoms. The predicted molar refractivity (Wildman–Crippen MR) is 85.3 cm³/mol. The van der Waals surface area contributed by atoms with Gasteiger partial charge in [-0.15, -0.1) is 0 Å². The molecule has 0 saturated carbocycles. The lowest BCUT2D eigenvalue weighted by atomic mass is 10.1. The first-order valence-corrected chi connectivity index (χ1v) is 7.01. The van der Waals surface area contributed by atoms with E-state index in [0.717, 1.165) is 5.56 Å². The van der Waals surface area contributed by atoms with Crippen LogP contribution in [0.25, 0.3) is 17.1 Å². The van der Waals surface area contributed by atoms with E-state index in [9.17, 15) is 9.59 Å². The normalized spacial score (nSPS) is 10.4. The Morgan fingerprint density at radius 1 is 1.12 bits per heavy atom. The Morgan fingerprint density at radius 2 is 1.88 bits per heavy atom. The Kier molecular flexibility index (Phi) is 4.11. The SMILES string of the molecule is COC(=O)c1cc(-c2ccc(OC)cc2)n(-c2ccc(=O)[nH]n2)n1. The van der Waals surface area contributed by atoms with Gasteiger partial charge in [-0.05, 0) is 36.4 Å². The van der Waals surface area contributed by atoms with E-state index < -0.39 is 5.97 Å². The first kappa shape index (κ1) is 15.5. The molecule has 0 aliphatic heterocycles. The van der Waals surface area contributed by atoms with Crippen molar-refractivity contribution in [3.05, 3.63) is 58.5 Å². The lowest BCUT2D eigenvalue weighted by molar-refractivity contribution is 0.0593. The summed E-state index contributed by atoms with van der Waals surface area (Å²) in [7, 11) is 2.87. The third-order valence-electron chi connectivity index (χ3n) is 3.37. The van der Waals surface area contributed by atoms with Gasteiger partial charge in [0.05, 0.1) is 19.9 Å². The Balaban J connectivity index is 2.14. The van der Waals surface area contributed by atoms with Crippen molar-refractivity contribution >= 4 is 5.97 Å². The number of nitrogens with one attached hydrogen (secondary N) is 1. The van der Waals surface area contributed by atoms with Gasteiger partial charge in [-0.25, -0.2) is 14.6 Å². The molecule has 0 radical (unpaired) electrons. The highest BCUT2D eigenvalue weighted by atomic mass is 16.5. The molecule has 1 aromatic carbocycles. The summed E-state index contributed by atoms with van der Waals surface area (Å²) < 4.78 is 11.3. The molecular weight excluding hydrogens is 312 g/mol. The second kappa shape index (κ2) is 6.37. The average molecular weight is 326 g/mol. The molecule has 0 aliphatic rings. The second-order valence-corrected chi connectivity index (χ2v) is 4.83. The standard InChI is InChI=1S/C16H14N4O4/c1-23-11-5-3-10(4-6-11)13-9-12(16(22)24-2)19-20(13)14-7-8-15(21)18-17-14/h3-9H,1-2H3,(H,18,21). The number of hydrogen-bond donors (Lipinski definition) is 1. The Labute approximate surface area is 136 Å². The summed E-state index contributed by atoms with van der Waals surface area (Å²) >= 11 is 0. The number of aromatic nitrogens is 4. The van der Waals surface area contributed by atoms with E-state index >= 15 is 0 Å². The fourth-order valence-electron chi connectivity index (χ4n) is 2.18. The molecule has 3 aromatic rings. The van der Waals surface area contributed by atoms with Gasteiger partial charge in [0.2, 0.25) is 0 Å². The van der Waals surface area contributed by atoms with E-state index in [-0.39, 0.29) is 11.3 Å². The zero-order chi connectivity index (χ0) is 17.1. The maximum absolute atomic E-state index is 11.8. The number of esters is 1. The Bertz CT molecular complexity index is 908. The zero-order valence-electron chi connectivity index (χ0n) is 13.0. The fraction of sp³-hybridized carbons (Fsp3) is 0.125. The van der Waals surface area contributed by atoms with E-state index in [2.05, 4.69) is 15.3 Å². The number of carbonyl (C=O) groups is 1. The number of rotatable bonds is 4. The van der Waals surface area contributed by atoms with Gasteiger partial charge in [0.15, 0.2) is 11.5 Å². The molecule has 0 atom stereocenters. The predicted octanol–water partition coefficient (Wildman–Crippen LogP) is 1.42. The molecule has 0 saturated heterocycles. The summed E-state index contributed by atoms with van der Waals surface area (Å²) in [6.07, 6.45) is 0. The molecular formula is C16H14N4O4. The molecule has 2 heterocycles. The number of H-pyrrole nitrogens is 1. The van der Waals surface area contributed by atoms with E-state index in [1.165, 1.54) is 23.9 Å². The highest BCUT2D eigenvalue weighted by Gasteiger charge is 2.18. The van der Waals surface area contributed by atoms with Crippen molar-refractivity contribution in [2.24, 2.45) is 0 Å².